The molecule has 0 spiro atoms. The summed E-state index contributed by atoms with van der Waals surface area (Å²) in [6.45, 7) is 3.62. The molecule has 1 fully saturated rings. The number of benzene rings is 2. The lowest BCUT2D eigenvalue weighted by Gasteiger charge is -2.33. The van der Waals surface area contributed by atoms with Crippen LogP contribution in [0.2, 0.25) is 0 Å². The molecule has 1 aliphatic heterocycles. The molecule has 0 radical (unpaired) electrons. The number of hydrogen-bond acceptors (Lipinski definition) is 4. The number of pyridine rings is 1. The Morgan fingerprint density at radius 1 is 0.939 bits per heavy atom. The van der Waals surface area contributed by atoms with Gasteiger partial charge in [0.25, 0.3) is 0 Å². The highest BCUT2D eigenvalue weighted by Crippen LogP contribution is 2.41. The zero-order chi connectivity index (χ0) is 22.4. The van der Waals surface area contributed by atoms with Gasteiger partial charge in [-0.1, -0.05) is 53.7 Å². The third kappa shape index (κ3) is 3.33. The highest BCUT2D eigenvalue weighted by Gasteiger charge is 2.30. The van der Waals surface area contributed by atoms with Crippen LogP contribution in [0.15, 0.2) is 66.9 Å². The second kappa shape index (κ2) is 8.12. The van der Waals surface area contributed by atoms with Gasteiger partial charge in [0.15, 0.2) is 0 Å². The van der Waals surface area contributed by atoms with Crippen molar-refractivity contribution in [3.63, 3.8) is 0 Å². The summed E-state index contributed by atoms with van der Waals surface area (Å²) in [5.41, 5.74) is 6.51. The molecule has 0 bridgehead atoms. The predicted octanol–water partition coefficient (Wildman–Crippen LogP) is 5.31. The third-order valence-corrected chi connectivity index (χ3v) is 6.96. The van der Waals surface area contributed by atoms with Gasteiger partial charge in [0.05, 0.1) is 22.9 Å². The van der Waals surface area contributed by atoms with Crippen LogP contribution in [0.25, 0.3) is 33.2 Å². The Kier molecular flexibility index (Phi) is 4.95. The van der Waals surface area contributed by atoms with Crippen molar-refractivity contribution in [1.82, 2.24) is 24.5 Å². The van der Waals surface area contributed by atoms with Gasteiger partial charge in [-0.2, -0.15) is 0 Å². The van der Waals surface area contributed by atoms with E-state index in [0.717, 1.165) is 43.1 Å². The summed E-state index contributed by atoms with van der Waals surface area (Å²) < 4.78 is 10.1. The molecule has 2 aromatic carbocycles. The van der Waals surface area contributed by atoms with Crippen LogP contribution in [-0.4, -0.2) is 37.8 Å². The largest absolute Gasteiger partial charge is 0.381 e. The summed E-state index contributed by atoms with van der Waals surface area (Å²) in [5.74, 6) is 0.497. The van der Waals surface area contributed by atoms with Crippen molar-refractivity contribution in [3.05, 3.63) is 78.1 Å². The summed E-state index contributed by atoms with van der Waals surface area (Å²) >= 11 is 0. The van der Waals surface area contributed by atoms with E-state index in [2.05, 4.69) is 75.5 Å². The van der Waals surface area contributed by atoms with Gasteiger partial charge >= 0.3 is 0 Å². The Hall–Kier alpha value is -3.51. The van der Waals surface area contributed by atoms with Crippen LogP contribution in [0.4, 0.5) is 0 Å². The van der Waals surface area contributed by atoms with E-state index in [-0.39, 0.29) is 6.04 Å². The number of ether oxygens (including phenoxy) is 1. The van der Waals surface area contributed by atoms with Gasteiger partial charge in [-0.15, -0.1) is 5.10 Å². The first-order chi connectivity index (χ1) is 16.2. The van der Waals surface area contributed by atoms with E-state index in [1.807, 2.05) is 24.9 Å². The summed E-state index contributed by atoms with van der Waals surface area (Å²) in [6.07, 6.45) is 4.12. The second-order valence-electron chi connectivity index (χ2n) is 8.93. The molecule has 33 heavy (non-hydrogen) atoms. The van der Waals surface area contributed by atoms with Crippen molar-refractivity contribution in [1.29, 1.82) is 0 Å². The average molecular weight is 438 g/mol. The van der Waals surface area contributed by atoms with Crippen LogP contribution in [0, 0.1) is 12.8 Å². The fourth-order valence-electron chi connectivity index (χ4n) is 5.45. The Balaban J connectivity index is 1.65. The number of aromatic nitrogens is 5. The van der Waals surface area contributed by atoms with Crippen molar-refractivity contribution in [3.8, 4) is 11.4 Å². The fourth-order valence-corrected chi connectivity index (χ4v) is 5.45. The fraction of sp³-hybridized carbons (Fsp3) is 0.296. The van der Waals surface area contributed by atoms with Crippen LogP contribution in [-0.2, 0) is 11.8 Å². The Morgan fingerprint density at radius 2 is 1.70 bits per heavy atom. The van der Waals surface area contributed by atoms with Gasteiger partial charge < -0.3 is 9.30 Å². The quantitative estimate of drug-likeness (QED) is 0.382. The zero-order valence-corrected chi connectivity index (χ0v) is 19.0. The van der Waals surface area contributed by atoms with Gasteiger partial charge in [-0.3, -0.25) is 4.98 Å². The first kappa shape index (κ1) is 20.1. The Morgan fingerprint density at radius 3 is 2.45 bits per heavy atom. The maximum Gasteiger partial charge on any atom is 0.110 e. The van der Waals surface area contributed by atoms with Gasteiger partial charge in [-0.25, -0.2) is 4.68 Å². The zero-order valence-electron chi connectivity index (χ0n) is 19.0. The topological polar surface area (TPSA) is 57.8 Å². The second-order valence-corrected chi connectivity index (χ2v) is 8.93. The molecule has 0 unspecified atom stereocenters. The molecule has 3 aromatic heterocycles. The minimum Gasteiger partial charge on any atom is -0.381 e. The van der Waals surface area contributed by atoms with Crippen molar-refractivity contribution in [2.24, 2.45) is 13.0 Å². The number of nitrogens with zero attached hydrogens (tertiary/aromatic N) is 5. The molecule has 0 saturated carbocycles. The number of fused-ring (bicyclic) bond motifs is 3. The molecule has 6 rings (SSSR count). The number of para-hydroxylation sites is 1. The van der Waals surface area contributed by atoms with Gasteiger partial charge in [0.2, 0.25) is 0 Å². The molecule has 1 saturated heterocycles. The maximum absolute atomic E-state index is 5.74. The minimum absolute atomic E-state index is 0.221. The lowest BCUT2D eigenvalue weighted by atomic mass is 9.86. The molecule has 5 aromatic rings. The van der Waals surface area contributed by atoms with E-state index < -0.39 is 0 Å². The third-order valence-electron chi connectivity index (χ3n) is 6.96. The van der Waals surface area contributed by atoms with Gasteiger partial charge in [0.1, 0.15) is 5.69 Å². The van der Waals surface area contributed by atoms with Crippen molar-refractivity contribution >= 4 is 21.8 Å². The number of hydrogen-bond donors (Lipinski definition) is 0. The van der Waals surface area contributed by atoms with Crippen LogP contribution in [0.1, 0.15) is 30.1 Å². The summed E-state index contributed by atoms with van der Waals surface area (Å²) in [5, 5.41) is 10.9. The predicted molar refractivity (Wildman–Crippen MR) is 130 cm³/mol. The lowest BCUT2D eigenvalue weighted by molar-refractivity contribution is 0.0553. The number of aryl methyl sites for hydroxylation is 2. The van der Waals surface area contributed by atoms with Crippen LogP contribution in [0.3, 0.4) is 0 Å². The van der Waals surface area contributed by atoms with E-state index in [9.17, 15) is 0 Å². The van der Waals surface area contributed by atoms with Gasteiger partial charge in [-0.05, 0) is 43.4 Å². The highest BCUT2D eigenvalue weighted by molar-refractivity contribution is 6.08. The van der Waals surface area contributed by atoms with Crippen molar-refractivity contribution < 1.29 is 4.74 Å². The van der Waals surface area contributed by atoms with Crippen LogP contribution >= 0.6 is 0 Å². The first-order valence-corrected chi connectivity index (χ1v) is 11.6. The molecule has 0 aliphatic carbocycles. The maximum atomic E-state index is 5.74. The van der Waals surface area contributed by atoms with Crippen LogP contribution in [0.5, 0.6) is 0 Å². The van der Waals surface area contributed by atoms with E-state index in [1.165, 1.54) is 27.4 Å². The summed E-state index contributed by atoms with van der Waals surface area (Å²) in [6, 6.07) is 22.0. The average Bonchev–Trinajstić information content (AvgIpc) is 3.37. The Bertz CT molecular complexity index is 1410. The van der Waals surface area contributed by atoms with E-state index >= 15 is 0 Å². The molecule has 0 amide bonds. The molecule has 6 nitrogen and oxygen atoms in total. The SMILES string of the molecule is Cc1nnn(C)c1-c1cc2c(cn1)c1ccccc1n2[C@H](c1ccccc1)C1CCOCC1. The highest BCUT2D eigenvalue weighted by atomic mass is 16.5. The molecule has 4 heterocycles. The Labute approximate surface area is 192 Å². The van der Waals surface area contributed by atoms with Crippen molar-refractivity contribution in [2.75, 3.05) is 13.2 Å². The monoisotopic (exact) mass is 437 g/mol. The molecule has 166 valence electrons. The smallest absolute Gasteiger partial charge is 0.110 e. The summed E-state index contributed by atoms with van der Waals surface area (Å²) in [4.78, 5) is 4.84. The molecular weight excluding hydrogens is 410 g/mol. The van der Waals surface area contributed by atoms with Gasteiger partial charge in [0, 0.05) is 42.7 Å². The molecular formula is C27H27N5O. The van der Waals surface area contributed by atoms with E-state index in [0.29, 0.717) is 5.92 Å². The molecule has 1 aliphatic rings. The molecule has 6 heteroatoms. The molecule has 1 atom stereocenters. The first-order valence-electron chi connectivity index (χ1n) is 11.6. The van der Waals surface area contributed by atoms with Crippen molar-refractivity contribution in [2.45, 2.75) is 25.8 Å². The van der Waals surface area contributed by atoms with E-state index in [1.54, 1.807) is 0 Å². The van der Waals surface area contributed by atoms with E-state index in [4.69, 9.17) is 9.72 Å². The number of rotatable bonds is 4. The minimum atomic E-state index is 0.221. The molecule has 0 N–H and O–H groups in total. The summed E-state index contributed by atoms with van der Waals surface area (Å²) in [7, 11) is 1.92. The standard InChI is InChI=1S/C27H27N5O/c1-18-26(31(2)30-29-18)23-16-25-22(17-28-23)21-10-6-7-11-24(21)32(25)27(19-8-4-3-5-9-19)20-12-14-33-15-13-20/h3-11,16-17,20,27H,12-15H2,1-2H3/t27-/m1/s1. The van der Waals surface area contributed by atoms with Crippen LogP contribution < -0.4 is 0 Å². The lowest BCUT2D eigenvalue weighted by Crippen LogP contribution is -2.26. The normalized spacial score (nSPS) is 15.9.